The zero-order valence-electron chi connectivity index (χ0n) is 12.9. The Morgan fingerprint density at radius 1 is 1.30 bits per heavy atom. The second-order valence-corrected chi connectivity index (χ2v) is 5.94. The van der Waals surface area contributed by atoms with Crippen LogP contribution >= 0.6 is 12.2 Å². The highest BCUT2D eigenvalue weighted by atomic mass is 32.1. The fourth-order valence-corrected chi connectivity index (χ4v) is 3.15. The molecule has 0 aliphatic carbocycles. The molecule has 23 heavy (non-hydrogen) atoms. The predicted octanol–water partition coefficient (Wildman–Crippen LogP) is 1.30. The van der Waals surface area contributed by atoms with Crippen molar-refractivity contribution in [1.29, 1.82) is 0 Å². The second-order valence-electron chi connectivity index (χ2n) is 5.55. The van der Waals surface area contributed by atoms with E-state index < -0.39 is 6.04 Å². The van der Waals surface area contributed by atoms with Crippen LogP contribution in [0.5, 0.6) is 5.75 Å². The maximum Gasteiger partial charge on any atom is 0.257 e. The summed E-state index contributed by atoms with van der Waals surface area (Å²) in [6.45, 7) is 4.04. The van der Waals surface area contributed by atoms with Gasteiger partial charge in [-0.05, 0) is 42.9 Å². The quantitative estimate of drug-likeness (QED) is 0.647. The van der Waals surface area contributed by atoms with E-state index in [-0.39, 0.29) is 18.2 Å². The van der Waals surface area contributed by atoms with Gasteiger partial charge >= 0.3 is 0 Å². The third-order valence-electron chi connectivity index (χ3n) is 3.96. The number of ether oxygens (including phenoxy) is 1. The lowest BCUT2D eigenvalue weighted by molar-refractivity contribution is -0.122. The highest BCUT2D eigenvalue weighted by Crippen LogP contribution is 2.28. The minimum absolute atomic E-state index is 0.161. The Morgan fingerprint density at radius 3 is 2.65 bits per heavy atom. The van der Waals surface area contributed by atoms with Gasteiger partial charge in [0.2, 0.25) is 5.91 Å². The van der Waals surface area contributed by atoms with Crippen LogP contribution in [0, 0.1) is 0 Å². The number of amides is 2. The smallest absolute Gasteiger partial charge is 0.257 e. The van der Waals surface area contributed by atoms with Crippen LogP contribution in [-0.2, 0) is 9.59 Å². The van der Waals surface area contributed by atoms with Gasteiger partial charge in [-0.15, -0.1) is 0 Å². The van der Waals surface area contributed by atoms with E-state index >= 15 is 0 Å². The fourth-order valence-electron chi connectivity index (χ4n) is 2.83. The summed E-state index contributed by atoms with van der Waals surface area (Å²) in [5.41, 5.74) is 0.574. The summed E-state index contributed by atoms with van der Waals surface area (Å²) in [4.78, 5) is 28.0. The SMILES string of the molecule is CCCOc1ccc(N2C(=O)CC(N3CCNC3=S)C2=O)cc1. The van der Waals surface area contributed by atoms with Crippen molar-refractivity contribution in [2.75, 3.05) is 24.6 Å². The van der Waals surface area contributed by atoms with Gasteiger partial charge in [0.25, 0.3) is 5.91 Å². The van der Waals surface area contributed by atoms with Gasteiger partial charge in [-0.25, -0.2) is 4.90 Å². The molecule has 7 heteroatoms. The average molecular weight is 333 g/mol. The number of nitrogens with zero attached hydrogens (tertiary/aromatic N) is 2. The van der Waals surface area contributed by atoms with Gasteiger partial charge in [-0.2, -0.15) is 0 Å². The standard InChI is InChI=1S/C16H19N3O3S/c1-2-9-22-12-5-3-11(4-6-12)19-14(20)10-13(15(19)21)18-8-7-17-16(18)23/h3-6,13H,2,7-10H2,1H3,(H,17,23). The van der Waals surface area contributed by atoms with E-state index in [1.165, 1.54) is 4.90 Å². The Labute approximate surface area is 140 Å². The monoisotopic (exact) mass is 333 g/mol. The van der Waals surface area contributed by atoms with Gasteiger partial charge in [0.15, 0.2) is 5.11 Å². The van der Waals surface area contributed by atoms with E-state index in [1.54, 1.807) is 29.2 Å². The minimum atomic E-state index is -0.499. The first-order valence-electron chi connectivity index (χ1n) is 7.76. The van der Waals surface area contributed by atoms with Crippen LogP contribution in [0.1, 0.15) is 19.8 Å². The highest BCUT2D eigenvalue weighted by molar-refractivity contribution is 7.80. The van der Waals surface area contributed by atoms with E-state index in [4.69, 9.17) is 17.0 Å². The molecule has 2 saturated heterocycles. The molecule has 1 aromatic carbocycles. The van der Waals surface area contributed by atoms with Gasteiger partial charge in [0.1, 0.15) is 11.8 Å². The number of anilines is 1. The Kier molecular flexibility index (Phi) is 4.47. The van der Waals surface area contributed by atoms with Crippen LogP contribution in [0.3, 0.4) is 0 Å². The summed E-state index contributed by atoms with van der Waals surface area (Å²) in [7, 11) is 0. The lowest BCUT2D eigenvalue weighted by atomic mass is 10.2. The van der Waals surface area contributed by atoms with E-state index in [2.05, 4.69) is 5.32 Å². The molecular formula is C16H19N3O3S. The number of hydrogen-bond acceptors (Lipinski definition) is 4. The predicted molar refractivity (Wildman–Crippen MR) is 90.4 cm³/mol. The van der Waals surface area contributed by atoms with Gasteiger partial charge in [-0.3, -0.25) is 9.59 Å². The number of benzene rings is 1. The molecule has 1 N–H and O–H groups in total. The summed E-state index contributed by atoms with van der Waals surface area (Å²) in [6, 6.07) is 6.54. The van der Waals surface area contributed by atoms with Crippen LogP contribution in [0.4, 0.5) is 5.69 Å². The van der Waals surface area contributed by atoms with Gasteiger partial charge < -0.3 is 15.0 Å². The molecule has 6 nitrogen and oxygen atoms in total. The highest BCUT2D eigenvalue weighted by Gasteiger charge is 2.44. The largest absolute Gasteiger partial charge is 0.494 e. The Bertz CT molecular complexity index is 632. The van der Waals surface area contributed by atoms with Crippen molar-refractivity contribution in [2.45, 2.75) is 25.8 Å². The van der Waals surface area contributed by atoms with Gasteiger partial charge in [0.05, 0.1) is 18.7 Å². The molecule has 0 aromatic heterocycles. The normalized spacial score (nSPS) is 21.1. The topological polar surface area (TPSA) is 61.9 Å². The molecule has 0 spiro atoms. The van der Waals surface area contributed by atoms with Crippen molar-refractivity contribution in [3.8, 4) is 5.75 Å². The van der Waals surface area contributed by atoms with Crippen molar-refractivity contribution in [1.82, 2.24) is 10.2 Å². The lowest BCUT2D eigenvalue weighted by Crippen LogP contribution is -2.43. The number of imide groups is 1. The summed E-state index contributed by atoms with van der Waals surface area (Å²) >= 11 is 5.20. The van der Waals surface area contributed by atoms with E-state index in [0.717, 1.165) is 12.2 Å². The van der Waals surface area contributed by atoms with Crippen molar-refractivity contribution in [3.05, 3.63) is 24.3 Å². The number of carbonyl (C=O) groups is 2. The fraction of sp³-hybridized carbons (Fsp3) is 0.438. The van der Waals surface area contributed by atoms with Crippen LogP contribution in [0.25, 0.3) is 0 Å². The maximum absolute atomic E-state index is 12.7. The van der Waals surface area contributed by atoms with Crippen LogP contribution < -0.4 is 15.0 Å². The molecule has 1 unspecified atom stereocenters. The summed E-state index contributed by atoms with van der Waals surface area (Å²) in [5.74, 6) is 0.316. The van der Waals surface area contributed by atoms with Gasteiger partial charge in [0, 0.05) is 13.1 Å². The molecule has 0 saturated carbocycles. The van der Waals surface area contributed by atoms with Crippen LogP contribution in [0.2, 0.25) is 0 Å². The number of hydrogen-bond donors (Lipinski definition) is 1. The summed E-state index contributed by atoms with van der Waals surface area (Å²) in [6.07, 6.45) is 1.09. The molecule has 2 heterocycles. The molecule has 2 fully saturated rings. The molecule has 2 aliphatic heterocycles. The molecule has 1 atom stereocenters. The van der Waals surface area contributed by atoms with E-state index in [0.29, 0.717) is 30.5 Å². The lowest BCUT2D eigenvalue weighted by Gasteiger charge is -2.23. The zero-order chi connectivity index (χ0) is 16.4. The zero-order valence-corrected chi connectivity index (χ0v) is 13.8. The Morgan fingerprint density at radius 2 is 2.04 bits per heavy atom. The number of rotatable bonds is 5. The van der Waals surface area contributed by atoms with Crippen LogP contribution in [0.15, 0.2) is 24.3 Å². The summed E-state index contributed by atoms with van der Waals surface area (Å²) < 4.78 is 5.52. The number of nitrogens with one attached hydrogen (secondary N) is 1. The Balaban J connectivity index is 1.76. The van der Waals surface area contributed by atoms with Gasteiger partial charge in [-0.1, -0.05) is 6.92 Å². The van der Waals surface area contributed by atoms with Crippen molar-refractivity contribution < 1.29 is 14.3 Å². The van der Waals surface area contributed by atoms with Crippen molar-refractivity contribution in [3.63, 3.8) is 0 Å². The van der Waals surface area contributed by atoms with Crippen molar-refractivity contribution >= 4 is 34.8 Å². The first-order chi connectivity index (χ1) is 11.1. The maximum atomic E-state index is 12.7. The molecule has 122 valence electrons. The first-order valence-corrected chi connectivity index (χ1v) is 8.16. The molecule has 2 aliphatic rings. The average Bonchev–Trinajstić information content (AvgIpc) is 3.09. The third-order valence-corrected chi connectivity index (χ3v) is 4.34. The molecule has 1 aromatic rings. The number of thiocarbonyl (C=S) groups is 1. The third kappa shape index (κ3) is 3.01. The molecule has 0 radical (unpaired) electrons. The molecule has 0 bridgehead atoms. The molecule has 2 amide bonds. The number of carbonyl (C=O) groups excluding carboxylic acids is 2. The first kappa shape index (κ1) is 15.7. The Hall–Kier alpha value is -2.15. The molecule has 3 rings (SSSR count). The van der Waals surface area contributed by atoms with Crippen LogP contribution in [-0.4, -0.2) is 47.6 Å². The second kappa shape index (κ2) is 6.54. The summed E-state index contributed by atoms with van der Waals surface area (Å²) in [5, 5.41) is 3.57. The minimum Gasteiger partial charge on any atom is -0.494 e. The van der Waals surface area contributed by atoms with E-state index in [9.17, 15) is 9.59 Å². The van der Waals surface area contributed by atoms with E-state index in [1.807, 2.05) is 6.92 Å². The van der Waals surface area contributed by atoms with Crippen molar-refractivity contribution in [2.24, 2.45) is 0 Å². The molecular weight excluding hydrogens is 314 g/mol.